The van der Waals surface area contributed by atoms with Crippen molar-refractivity contribution in [2.24, 2.45) is 0 Å². The van der Waals surface area contributed by atoms with Crippen molar-refractivity contribution in [2.75, 3.05) is 13.2 Å². The van der Waals surface area contributed by atoms with Gasteiger partial charge in [0, 0.05) is 12.6 Å². The van der Waals surface area contributed by atoms with Gasteiger partial charge in [0.25, 0.3) is 0 Å². The summed E-state index contributed by atoms with van der Waals surface area (Å²) in [7, 11) is 0. The number of halogens is 1. The van der Waals surface area contributed by atoms with Gasteiger partial charge in [-0.05, 0) is 36.6 Å². The second kappa shape index (κ2) is 5.78. The minimum absolute atomic E-state index is 0.000451. The van der Waals surface area contributed by atoms with Crippen LogP contribution in [0.2, 0.25) is 0 Å². The zero-order chi connectivity index (χ0) is 13.0. The van der Waals surface area contributed by atoms with Crippen LogP contribution < -0.4 is 0 Å². The van der Waals surface area contributed by atoms with E-state index in [2.05, 4.69) is 0 Å². The molecule has 0 spiro atoms. The lowest BCUT2D eigenvalue weighted by atomic mass is 10.2. The minimum atomic E-state index is -0.320. The Labute approximate surface area is 106 Å². The van der Waals surface area contributed by atoms with Crippen molar-refractivity contribution in [3.63, 3.8) is 0 Å². The molecular formula is C14H16FNO2. The van der Waals surface area contributed by atoms with Crippen molar-refractivity contribution in [2.45, 2.75) is 18.9 Å². The molecule has 1 aromatic rings. The highest BCUT2D eigenvalue weighted by Crippen LogP contribution is 2.17. The van der Waals surface area contributed by atoms with Gasteiger partial charge in [-0.2, -0.15) is 0 Å². The summed E-state index contributed by atoms with van der Waals surface area (Å²) >= 11 is 0. The Morgan fingerprint density at radius 1 is 1.56 bits per heavy atom. The minimum Gasteiger partial charge on any atom is -0.394 e. The Kier molecular flexibility index (Phi) is 4.10. The summed E-state index contributed by atoms with van der Waals surface area (Å²) in [5.41, 5.74) is 0.656. The van der Waals surface area contributed by atoms with Gasteiger partial charge in [-0.25, -0.2) is 4.39 Å². The molecule has 1 fully saturated rings. The smallest absolute Gasteiger partial charge is 0.246 e. The topological polar surface area (TPSA) is 40.5 Å². The molecule has 1 amide bonds. The maximum absolute atomic E-state index is 12.9. The third-order valence-electron chi connectivity index (χ3n) is 3.14. The molecular weight excluding hydrogens is 233 g/mol. The number of likely N-dealkylation sites (tertiary alicyclic amines) is 1. The molecule has 0 radical (unpaired) electrons. The molecule has 1 unspecified atom stereocenters. The van der Waals surface area contributed by atoms with E-state index in [0.29, 0.717) is 12.1 Å². The van der Waals surface area contributed by atoms with Crippen LogP contribution in [0.3, 0.4) is 0 Å². The van der Waals surface area contributed by atoms with Crippen LogP contribution in [0.15, 0.2) is 30.3 Å². The molecule has 3 nitrogen and oxygen atoms in total. The lowest BCUT2D eigenvalue weighted by molar-refractivity contribution is -0.127. The van der Waals surface area contributed by atoms with E-state index in [1.165, 1.54) is 18.2 Å². The number of aliphatic hydroxyl groups is 1. The number of rotatable bonds is 3. The monoisotopic (exact) mass is 249 g/mol. The number of aliphatic hydroxyl groups excluding tert-OH is 1. The van der Waals surface area contributed by atoms with Gasteiger partial charge >= 0.3 is 0 Å². The van der Waals surface area contributed by atoms with Gasteiger partial charge < -0.3 is 10.0 Å². The molecule has 1 aliphatic heterocycles. The van der Waals surface area contributed by atoms with Crippen LogP contribution in [0.4, 0.5) is 4.39 Å². The van der Waals surface area contributed by atoms with Crippen LogP contribution in [0.25, 0.3) is 6.08 Å². The first-order chi connectivity index (χ1) is 8.70. The highest BCUT2D eigenvalue weighted by molar-refractivity contribution is 5.92. The molecule has 18 heavy (non-hydrogen) atoms. The number of hydrogen-bond acceptors (Lipinski definition) is 2. The largest absolute Gasteiger partial charge is 0.394 e. The summed E-state index contributed by atoms with van der Waals surface area (Å²) in [6.07, 6.45) is 4.79. The maximum atomic E-state index is 12.9. The molecule has 1 N–H and O–H groups in total. The van der Waals surface area contributed by atoms with E-state index < -0.39 is 0 Å². The molecule has 0 saturated carbocycles. The van der Waals surface area contributed by atoms with Crippen molar-refractivity contribution in [1.82, 2.24) is 4.90 Å². The first-order valence-electron chi connectivity index (χ1n) is 6.06. The number of benzene rings is 1. The maximum Gasteiger partial charge on any atom is 0.246 e. The lowest BCUT2D eigenvalue weighted by Crippen LogP contribution is -2.36. The van der Waals surface area contributed by atoms with Gasteiger partial charge in [0.05, 0.1) is 12.6 Å². The van der Waals surface area contributed by atoms with E-state index in [1.807, 2.05) is 0 Å². The van der Waals surface area contributed by atoms with E-state index in [4.69, 9.17) is 5.11 Å². The van der Waals surface area contributed by atoms with Crippen molar-refractivity contribution in [3.8, 4) is 0 Å². The molecule has 1 aliphatic rings. The number of nitrogens with zero attached hydrogens (tertiary/aromatic N) is 1. The lowest BCUT2D eigenvalue weighted by Gasteiger charge is -2.21. The van der Waals surface area contributed by atoms with Gasteiger partial charge in [-0.15, -0.1) is 0 Å². The molecule has 0 aliphatic carbocycles. The quantitative estimate of drug-likeness (QED) is 0.830. The van der Waals surface area contributed by atoms with Crippen LogP contribution in [-0.2, 0) is 4.79 Å². The van der Waals surface area contributed by atoms with Crippen molar-refractivity contribution < 1.29 is 14.3 Å². The van der Waals surface area contributed by atoms with E-state index in [-0.39, 0.29) is 24.4 Å². The van der Waals surface area contributed by atoms with Gasteiger partial charge in [-0.3, -0.25) is 4.79 Å². The molecule has 0 bridgehead atoms. The predicted molar refractivity (Wildman–Crippen MR) is 67.3 cm³/mol. The van der Waals surface area contributed by atoms with Gasteiger partial charge in [0.2, 0.25) is 5.91 Å². The molecule has 1 heterocycles. The molecule has 96 valence electrons. The second-order valence-electron chi connectivity index (χ2n) is 4.40. The average molecular weight is 249 g/mol. The summed E-state index contributed by atoms with van der Waals surface area (Å²) in [6.45, 7) is 0.678. The molecule has 1 atom stereocenters. The molecule has 0 aromatic heterocycles. The fraction of sp³-hybridized carbons (Fsp3) is 0.357. The van der Waals surface area contributed by atoms with Crippen LogP contribution in [0, 0.1) is 5.82 Å². The van der Waals surface area contributed by atoms with Crippen LogP contribution in [-0.4, -0.2) is 35.1 Å². The Morgan fingerprint density at radius 3 is 3.11 bits per heavy atom. The standard InChI is InChI=1S/C14H16FNO2/c15-12-4-1-3-11(9-12)6-7-14(18)16-8-2-5-13(16)10-17/h1,3-4,6-7,9,13,17H,2,5,8,10H2/b7-6+. The highest BCUT2D eigenvalue weighted by Gasteiger charge is 2.26. The first kappa shape index (κ1) is 12.8. The predicted octanol–water partition coefficient (Wildman–Crippen LogP) is 1.82. The third kappa shape index (κ3) is 2.96. The van der Waals surface area contributed by atoms with E-state index >= 15 is 0 Å². The summed E-state index contributed by atoms with van der Waals surface area (Å²) in [6, 6.07) is 6.00. The van der Waals surface area contributed by atoms with Gasteiger partial charge in [0.15, 0.2) is 0 Å². The summed E-state index contributed by atoms with van der Waals surface area (Å²) in [5, 5.41) is 9.14. The zero-order valence-corrected chi connectivity index (χ0v) is 10.1. The third-order valence-corrected chi connectivity index (χ3v) is 3.14. The summed E-state index contributed by atoms with van der Waals surface area (Å²) in [4.78, 5) is 13.6. The molecule has 2 rings (SSSR count). The van der Waals surface area contributed by atoms with Crippen LogP contribution in [0.1, 0.15) is 18.4 Å². The molecule has 4 heteroatoms. The van der Waals surface area contributed by atoms with Crippen molar-refractivity contribution in [3.05, 3.63) is 41.7 Å². The normalized spacial score (nSPS) is 19.7. The number of amides is 1. The SMILES string of the molecule is O=C(/C=C/c1cccc(F)c1)N1CCCC1CO. The Morgan fingerprint density at radius 2 is 2.39 bits per heavy atom. The van der Waals surface area contributed by atoms with Crippen molar-refractivity contribution >= 4 is 12.0 Å². The Hall–Kier alpha value is -1.68. The van der Waals surface area contributed by atoms with Gasteiger partial charge in [0.1, 0.15) is 5.82 Å². The van der Waals surface area contributed by atoms with Gasteiger partial charge in [-0.1, -0.05) is 12.1 Å². The molecule has 1 aromatic carbocycles. The second-order valence-corrected chi connectivity index (χ2v) is 4.40. The number of carbonyl (C=O) groups excluding carboxylic acids is 1. The summed E-state index contributed by atoms with van der Waals surface area (Å²) in [5.74, 6) is -0.449. The van der Waals surface area contributed by atoms with Crippen molar-refractivity contribution in [1.29, 1.82) is 0 Å². The Bertz CT molecular complexity index is 459. The highest BCUT2D eigenvalue weighted by atomic mass is 19.1. The van der Waals surface area contributed by atoms with E-state index in [9.17, 15) is 9.18 Å². The van der Waals surface area contributed by atoms with E-state index in [1.54, 1.807) is 23.1 Å². The average Bonchev–Trinajstić information content (AvgIpc) is 2.84. The van der Waals surface area contributed by atoms with E-state index in [0.717, 1.165) is 12.8 Å². The Balaban J connectivity index is 2.02. The fourth-order valence-electron chi connectivity index (χ4n) is 2.19. The zero-order valence-electron chi connectivity index (χ0n) is 10.1. The van der Waals surface area contributed by atoms with Crippen LogP contribution >= 0.6 is 0 Å². The first-order valence-corrected chi connectivity index (χ1v) is 6.06. The molecule has 1 saturated heterocycles. The summed E-state index contributed by atoms with van der Waals surface area (Å²) < 4.78 is 12.9. The number of hydrogen-bond donors (Lipinski definition) is 1. The number of carbonyl (C=O) groups is 1. The fourth-order valence-corrected chi connectivity index (χ4v) is 2.19. The van der Waals surface area contributed by atoms with Crippen LogP contribution in [0.5, 0.6) is 0 Å².